The van der Waals surface area contributed by atoms with Crippen molar-refractivity contribution in [2.45, 2.75) is 26.9 Å². The molecule has 4 nitrogen and oxygen atoms in total. The van der Waals surface area contributed by atoms with Crippen LogP contribution in [0.5, 0.6) is 5.75 Å². The minimum absolute atomic E-state index is 0.132. The second kappa shape index (κ2) is 4.71. The summed E-state index contributed by atoms with van der Waals surface area (Å²) in [6.45, 7) is 6.08. The molecule has 0 bridgehead atoms. The maximum absolute atomic E-state index is 5.80. The van der Waals surface area contributed by atoms with Crippen molar-refractivity contribution in [3.63, 3.8) is 0 Å². The standard InChI is InChI=1S/C12H15N3OS/c1-7-4-5-10(6-8(7)2)16-9(3)11-14-15-12(13)17-11/h4-6,9H,1-3H3,(H2,13,15). The van der Waals surface area contributed by atoms with E-state index in [0.717, 1.165) is 10.8 Å². The average Bonchev–Trinajstić information content (AvgIpc) is 2.70. The smallest absolute Gasteiger partial charge is 0.203 e. The summed E-state index contributed by atoms with van der Waals surface area (Å²) in [6.07, 6.45) is -0.132. The fourth-order valence-electron chi connectivity index (χ4n) is 1.45. The fourth-order valence-corrected chi connectivity index (χ4v) is 2.04. The normalized spacial score (nSPS) is 12.4. The Morgan fingerprint density at radius 2 is 2.00 bits per heavy atom. The van der Waals surface area contributed by atoms with Gasteiger partial charge in [-0.2, -0.15) is 0 Å². The molecule has 2 rings (SSSR count). The van der Waals surface area contributed by atoms with E-state index in [1.54, 1.807) is 0 Å². The monoisotopic (exact) mass is 249 g/mol. The van der Waals surface area contributed by atoms with Gasteiger partial charge in [-0.25, -0.2) is 0 Å². The zero-order chi connectivity index (χ0) is 12.4. The topological polar surface area (TPSA) is 61.0 Å². The van der Waals surface area contributed by atoms with Crippen molar-refractivity contribution < 1.29 is 4.74 Å². The van der Waals surface area contributed by atoms with Crippen molar-refractivity contribution in [1.29, 1.82) is 0 Å². The lowest BCUT2D eigenvalue weighted by molar-refractivity contribution is 0.225. The summed E-state index contributed by atoms with van der Waals surface area (Å²) < 4.78 is 5.80. The van der Waals surface area contributed by atoms with E-state index in [1.807, 2.05) is 25.1 Å². The Hall–Kier alpha value is -1.62. The van der Waals surface area contributed by atoms with Crippen molar-refractivity contribution in [2.75, 3.05) is 5.73 Å². The van der Waals surface area contributed by atoms with Crippen LogP contribution in [0.3, 0.4) is 0 Å². The van der Waals surface area contributed by atoms with Crippen molar-refractivity contribution >= 4 is 16.5 Å². The predicted octanol–water partition coefficient (Wildman–Crippen LogP) is 2.88. The maximum atomic E-state index is 5.80. The summed E-state index contributed by atoms with van der Waals surface area (Å²) in [5.41, 5.74) is 8.01. The van der Waals surface area contributed by atoms with Gasteiger partial charge in [0.2, 0.25) is 5.13 Å². The summed E-state index contributed by atoms with van der Waals surface area (Å²) in [7, 11) is 0. The second-order valence-electron chi connectivity index (χ2n) is 3.98. The van der Waals surface area contributed by atoms with E-state index in [1.165, 1.54) is 22.5 Å². The van der Waals surface area contributed by atoms with E-state index < -0.39 is 0 Å². The summed E-state index contributed by atoms with van der Waals surface area (Å²) in [5.74, 6) is 0.842. The third-order valence-electron chi connectivity index (χ3n) is 2.60. The first-order valence-electron chi connectivity index (χ1n) is 5.39. The Balaban J connectivity index is 2.12. The van der Waals surface area contributed by atoms with Gasteiger partial charge in [0.15, 0.2) is 5.01 Å². The van der Waals surface area contributed by atoms with Gasteiger partial charge in [0, 0.05) is 0 Å². The number of benzene rings is 1. The number of hydrogen-bond donors (Lipinski definition) is 1. The molecule has 0 radical (unpaired) electrons. The van der Waals surface area contributed by atoms with Crippen LogP contribution in [0.1, 0.15) is 29.2 Å². The maximum Gasteiger partial charge on any atom is 0.203 e. The number of rotatable bonds is 3. The van der Waals surface area contributed by atoms with Gasteiger partial charge in [-0.15, -0.1) is 10.2 Å². The molecule has 0 saturated carbocycles. The number of aryl methyl sites for hydroxylation is 2. The Bertz CT molecular complexity index is 524. The molecule has 0 aliphatic heterocycles. The highest BCUT2D eigenvalue weighted by molar-refractivity contribution is 7.15. The number of aromatic nitrogens is 2. The molecular formula is C12H15N3OS. The molecule has 5 heteroatoms. The molecule has 2 N–H and O–H groups in total. The van der Waals surface area contributed by atoms with Crippen LogP contribution in [0.2, 0.25) is 0 Å². The number of nitrogens with zero attached hydrogens (tertiary/aromatic N) is 2. The highest BCUT2D eigenvalue weighted by Gasteiger charge is 2.12. The van der Waals surface area contributed by atoms with E-state index in [0.29, 0.717) is 5.13 Å². The number of anilines is 1. The molecule has 0 spiro atoms. The lowest BCUT2D eigenvalue weighted by Crippen LogP contribution is -2.03. The molecule has 1 atom stereocenters. The Morgan fingerprint density at radius 1 is 1.24 bits per heavy atom. The largest absolute Gasteiger partial charge is 0.483 e. The van der Waals surface area contributed by atoms with Crippen LogP contribution in [0.25, 0.3) is 0 Å². The van der Waals surface area contributed by atoms with E-state index in [9.17, 15) is 0 Å². The first-order valence-corrected chi connectivity index (χ1v) is 6.20. The minimum Gasteiger partial charge on any atom is -0.483 e. The van der Waals surface area contributed by atoms with Gasteiger partial charge in [-0.1, -0.05) is 17.4 Å². The molecule has 17 heavy (non-hydrogen) atoms. The first-order chi connectivity index (χ1) is 8.06. The van der Waals surface area contributed by atoms with Crippen LogP contribution in [-0.4, -0.2) is 10.2 Å². The fraction of sp³-hybridized carbons (Fsp3) is 0.333. The van der Waals surface area contributed by atoms with Crippen molar-refractivity contribution in [1.82, 2.24) is 10.2 Å². The van der Waals surface area contributed by atoms with E-state index in [-0.39, 0.29) is 6.10 Å². The van der Waals surface area contributed by atoms with Gasteiger partial charge in [-0.3, -0.25) is 0 Å². The van der Waals surface area contributed by atoms with E-state index >= 15 is 0 Å². The molecule has 1 aromatic carbocycles. The minimum atomic E-state index is -0.132. The van der Waals surface area contributed by atoms with Gasteiger partial charge in [0.25, 0.3) is 0 Å². The summed E-state index contributed by atoms with van der Waals surface area (Å²) in [4.78, 5) is 0. The number of nitrogens with two attached hydrogens (primary N) is 1. The molecular weight excluding hydrogens is 234 g/mol. The predicted molar refractivity (Wildman–Crippen MR) is 69.3 cm³/mol. The summed E-state index contributed by atoms with van der Waals surface area (Å²) in [6, 6.07) is 6.03. The van der Waals surface area contributed by atoms with Crippen molar-refractivity contribution in [3.8, 4) is 5.75 Å². The lowest BCUT2D eigenvalue weighted by Gasteiger charge is -2.12. The van der Waals surface area contributed by atoms with Crippen LogP contribution < -0.4 is 10.5 Å². The molecule has 1 heterocycles. The number of hydrogen-bond acceptors (Lipinski definition) is 5. The molecule has 1 unspecified atom stereocenters. The Kier molecular flexibility index (Phi) is 3.28. The average molecular weight is 249 g/mol. The third kappa shape index (κ3) is 2.74. The third-order valence-corrected chi connectivity index (χ3v) is 3.51. The number of ether oxygens (including phenoxy) is 1. The van der Waals surface area contributed by atoms with E-state index in [4.69, 9.17) is 10.5 Å². The van der Waals surface area contributed by atoms with Gasteiger partial charge in [0.05, 0.1) is 0 Å². The van der Waals surface area contributed by atoms with Crippen LogP contribution in [-0.2, 0) is 0 Å². The molecule has 0 fully saturated rings. The Labute approximate surface area is 104 Å². The molecule has 0 saturated heterocycles. The highest BCUT2D eigenvalue weighted by atomic mass is 32.1. The van der Waals surface area contributed by atoms with Crippen LogP contribution in [0, 0.1) is 13.8 Å². The van der Waals surface area contributed by atoms with Gasteiger partial charge >= 0.3 is 0 Å². The van der Waals surface area contributed by atoms with Crippen LogP contribution in [0.15, 0.2) is 18.2 Å². The van der Waals surface area contributed by atoms with Crippen molar-refractivity contribution in [3.05, 3.63) is 34.3 Å². The second-order valence-corrected chi connectivity index (χ2v) is 5.03. The van der Waals surface area contributed by atoms with Crippen LogP contribution in [0.4, 0.5) is 5.13 Å². The van der Waals surface area contributed by atoms with Crippen LogP contribution >= 0.6 is 11.3 Å². The molecule has 0 aliphatic rings. The van der Waals surface area contributed by atoms with Gasteiger partial charge < -0.3 is 10.5 Å². The quantitative estimate of drug-likeness (QED) is 0.908. The van der Waals surface area contributed by atoms with Crippen molar-refractivity contribution in [2.24, 2.45) is 0 Å². The van der Waals surface area contributed by atoms with Gasteiger partial charge in [0.1, 0.15) is 11.9 Å². The highest BCUT2D eigenvalue weighted by Crippen LogP contribution is 2.26. The van der Waals surface area contributed by atoms with E-state index in [2.05, 4.69) is 24.0 Å². The Morgan fingerprint density at radius 3 is 2.59 bits per heavy atom. The molecule has 0 amide bonds. The zero-order valence-electron chi connectivity index (χ0n) is 10.1. The lowest BCUT2D eigenvalue weighted by atomic mass is 10.1. The van der Waals surface area contributed by atoms with Gasteiger partial charge in [-0.05, 0) is 44.0 Å². The SMILES string of the molecule is Cc1ccc(OC(C)c2nnc(N)s2)cc1C. The molecule has 90 valence electrons. The summed E-state index contributed by atoms with van der Waals surface area (Å²) in [5, 5.41) is 9.01. The first kappa shape index (κ1) is 11.9. The summed E-state index contributed by atoms with van der Waals surface area (Å²) >= 11 is 1.35. The molecule has 2 aromatic rings. The molecule has 1 aromatic heterocycles. The zero-order valence-corrected chi connectivity index (χ0v) is 10.9. The molecule has 0 aliphatic carbocycles. The number of nitrogen functional groups attached to an aromatic ring is 1.